The molecule has 2 unspecified atom stereocenters. The standard InChI is InChI=1S/C22H23N3OS2/c1-2-3-15-25-21(20(24-22(25)27)17-11-7-8-14-23-17)18-12-13-19(26-18)28-16-9-5-4-6-10-16/h4-14,20-21H,2-3,15H2,1H3,(H,24,27). The third-order valence-corrected chi connectivity index (χ3v) is 6.09. The smallest absolute Gasteiger partial charge is 0.170 e. The quantitative estimate of drug-likeness (QED) is 0.512. The minimum Gasteiger partial charge on any atom is -0.452 e. The summed E-state index contributed by atoms with van der Waals surface area (Å²) in [6.45, 7) is 3.09. The second-order valence-electron chi connectivity index (χ2n) is 6.75. The number of aromatic nitrogens is 1. The molecule has 1 aliphatic rings. The first-order valence-electron chi connectivity index (χ1n) is 9.57. The summed E-state index contributed by atoms with van der Waals surface area (Å²) in [6.07, 6.45) is 4.03. The van der Waals surface area contributed by atoms with E-state index in [-0.39, 0.29) is 12.1 Å². The Bertz CT molecular complexity index is 914. The van der Waals surface area contributed by atoms with E-state index in [0.717, 1.165) is 45.9 Å². The highest BCUT2D eigenvalue weighted by Gasteiger charge is 2.41. The Morgan fingerprint density at radius 1 is 1.11 bits per heavy atom. The van der Waals surface area contributed by atoms with E-state index in [1.54, 1.807) is 11.8 Å². The van der Waals surface area contributed by atoms with Gasteiger partial charge in [-0.1, -0.05) is 49.4 Å². The topological polar surface area (TPSA) is 41.3 Å². The van der Waals surface area contributed by atoms with Crippen LogP contribution in [-0.4, -0.2) is 21.5 Å². The lowest BCUT2D eigenvalue weighted by Gasteiger charge is -2.25. The lowest BCUT2D eigenvalue weighted by molar-refractivity contribution is 0.257. The fourth-order valence-electron chi connectivity index (χ4n) is 3.44. The first kappa shape index (κ1) is 19.0. The zero-order chi connectivity index (χ0) is 19.3. The van der Waals surface area contributed by atoms with Gasteiger partial charge in [0.05, 0.1) is 11.7 Å². The Hall–Kier alpha value is -2.31. The van der Waals surface area contributed by atoms with Crippen LogP contribution in [0, 0.1) is 0 Å². The number of hydrogen-bond donors (Lipinski definition) is 1. The molecule has 0 radical (unpaired) electrons. The summed E-state index contributed by atoms with van der Waals surface area (Å²) in [5, 5.41) is 5.11. The van der Waals surface area contributed by atoms with Gasteiger partial charge >= 0.3 is 0 Å². The summed E-state index contributed by atoms with van der Waals surface area (Å²) in [4.78, 5) is 7.97. The molecule has 1 saturated heterocycles. The van der Waals surface area contributed by atoms with Crippen molar-refractivity contribution in [3.63, 3.8) is 0 Å². The van der Waals surface area contributed by atoms with Gasteiger partial charge in [-0.25, -0.2) is 0 Å². The van der Waals surface area contributed by atoms with E-state index in [0.29, 0.717) is 0 Å². The predicted molar refractivity (Wildman–Crippen MR) is 116 cm³/mol. The molecule has 144 valence electrons. The summed E-state index contributed by atoms with van der Waals surface area (Å²) in [5.41, 5.74) is 0.975. The van der Waals surface area contributed by atoms with E-state index in [2.05, 4.69) is 40.3 Å². The average molecular weight is 410 g/mol. The van der Waals surface area contributed by atoms with E-state index in [1.165, 1.54) is 0 Å². The lowest BCUT2D eigenvalue weighted by Crippen LogP contribution is -2.30. The Kier molecular flexibility index (Phi) is 5.98. The van der Waals surface area contributed by atoms with Gasteiger partial charge in [0.25, 0.3) is 0 Å². The fraction of sp³-hybridized carbons (Fsp3) is 0.273. The monoisotopic (exact) mass is 409 g/mol. The molecule has 1 N–H and O–H groups in total. The maximum atomic E-state index is 6.28. The van der Waals surface area contributed by atoms with Gasteiger partial charge < -0.3 is 14.6 Å². The van der Waals surface area contributed by atoms with Gasteiger partial charge in [-0.05, 0) is 55.0 Å². The fourth-order valence-corrected chi connectivity index (χ4v) is 4.57. The number of thiocarbonyl (C=S) groups is 1. The summed E-state index contributed by atoms with van der Waals surface area (Å²) in [5.74, 6) is 0.914. The van der Waals surface area contributed by atoms with Crippen molar-refractivity contribution in [2.75, 3.05) is 6.54 Å². The molecular weight excluding hydrogens is 386 g/mol. The molecule has 2 atom stereocenters. The number of hydrogen-bond acceptors (Lipinski definition) is 4. The number of rotatable bonds is 7. The van der Waals surface area contributed by atoms with Crippen LogP contribution in [0.1, 0.15) is 43.3 Å². The highest BCUT2D eigenvalue weighted by Crippen LogP contribution is 2.41. The second-order valence-corrected chi connectivity index (χ2v) is 8.21. The van der Waals surface area contributed by atoms with Crippen LogP contribution in [0.3, 0.4) is 0 Å². The number of unbranched alkanes of at least 4 members (excludes halogenated alkanes) is 1. The van der Waals surface area contributed by atoms with Crippen molar-refractivity contribution in [2.24, 2.45) is 0 Å². The van der Waals surface area contributed by atoms with Crippen LogP contribution in [0.5, 0.6) is 0 Å². The minimum absolute atomic E-state index is 0.000858. The largest absolute Gasteiger partial charge is 0.452 e. The van der Waals surface area contributed by atoms with Crippen LogP contribution in [-0.2, 0) is 0 Å². The zero-order valence-electron chi connectivity index (χ0n) is 15.7. The predicted octanol–water partition coefficient (Wildman–Crippen LogP) is 5.60. The molecule has 0 amide bonds. The first-order valence-corrected chi connectivity index (χ1v) is 10.8. The van der Waals surface area contributed by atoms with Gasteiger partial charge in [0.15, 0.2) is 10.2 Å². The van der Waals surface area contributed by atoms with Crippen LogP contribution < -0.4 is 5.32 Å². The molecule has 28 heavy (non-hydrogen) atoms. The maximum absolute atomic E-state index is 6.28. The molecule has 0 spiro atoms. The maximum Gasteiger partial charge on any atom is 0.170 e. The molecule has 1 aromatic carbocycles. The molecule has 3 aromatic rings. The number of nitrogens with one attached hydrogen (secondary N) is 1. The normalized spacial score (nSPS) is 19.0. The van der Waals surface area contributed by atoms with Crippen molar-refractivity contribution >= 4 is 29.1 Å². The Morgan fingerprint density at radius 3 is 2.68 bits per heavy atom. The van der Waals surface area contributed by atoms with Gasteiger partial charge in [-0.15, -0.1) is 0 Å². The number of benzene rings is 1. The first-order chi connectivity index (χ1) is 13.8. The molecule has 1 aliphatic heterocycles. The lowest BCUT2D eigenvalue weighted by atomic mass is 10.0. The molecule has 1 fully saturated rings. The van der Waals surface area contributed by atoms with Gasteiger partial charge in [0, 0.05) is 17.6 Å². The molecule has 6 heteroatoms. The molecule has 3 heterocycles. The van der Waals surface area contributed by atoms with Gasteiger partial charge in [0.1, 0.15) is 11.8 Å². The zero-order valence-corrected chi connectivity index (χ0v) is 17.4. The summed E-state index contributed by atoms with van der Waals surface area (Å²) < 4.78 is 6.28. The van der Waals surface area contributed by atoms with E-state index < -0.39 is 0 Å². The third kappa shape index (κ3) is 4.08. The van der Waals surface area contributed by atoms with Gasteiger partial charge in [-0.2, -0.15) is 0 Å². The van der Waals surface area contributed by atoms with Crippen LogP contribution in [0.25, 0.3) is 0 Å². The molecule has 4 rings (SSSR count). The summed E-state index contributed by atoms with van der Waals surface area (Å²) in [7, 11) is 0. The molecule has 4 nitrogen and oxygen atoms in total. The Labute approximate surface area is 175 Å². The summed E-state index contributed by atoms with van der Waals surface area (Å²) in [6, 6.07) is 20.3. The van der Waals surface area contributed by atoms with E-state index in [9.17, 15) is 0 Å². The Balaban J connectivity index is 1.63. The van der Waals surface area contributed by atoms with Crippen LogP contribution in [0.2, 0.25) is 0 Å². The van der Waals surface area contributed by atoms with E-state index in [4.69, 9.17) is 16.6 Å². The van der Waals surface area contributed by atoms with Crippen molar-refractivity contribution in [3.05, 3.63) is 78.3 Å². The van der Waals surface area contributed by atoms with Gasteiger partial charge in [-0.3, -0.25) is 4.98 Å². The molecule has 0 bridgehead atoms. The average Bonchev–Trinajstić information content (AvgIpc) is 3.31. The van der Waals surface area contributed by atoms with Gasteiger partial charge in [0.2, 0.25) is 0 Å². The molecule has 2 aromatic heterocycles. The number of furan rings is 1. The molecule has 0 saturated carbocycles. The van der Waals surface area contributed by atoms with Crippen LogP contribution in [0.4, 0.5) is 0 Å². The van der Waals surface area contributed by atoms with Crippen molar-refractivity contribution in [2.45, 2.75) is 41.8 Å². The Morgan fingerprint density at radius 2 is 1.93 bits per heavy atom. The van der Waals surface area contributed by atoms with Crippen molar-refractivity contribution in [1.82, 2.24) is 15.2 Å². The third-order valence-electron chi connectivity index (χ3n) is 4.81. The van der Waals surface area contributed by atoms with E-state index in [1.807, 2.05) is 48.7 Å². The number of nitrogens with zero attached hydrogens (tertiary/aromatic N) is 2. The minimum atomic E-state index is -0.0220. The van der Waals surface area contributed by atoms with Crippen LogP contribution >= 0.6 is 24.0 Å². The number of pyridine rings is 1. The van der Waals surface area contributed by atoms with E-state index >= 15 is 0 Å². The highest BCUT2D eigenvalue weighted by atomic mass is 32.2. The molecular formula is C22H23N3OS2. The summed E-state index contributed by atoms with van der Waals surface area (Å²) >= 11 is 7.29. The SMILES string of the molecule is CCCCN1C(=S)NC(c2ccccn2)C1c1ccc(Sc2ccccc2)o1. The highest BCUT2D eigenvalue weighted by molar-refractivity contribution is 7.99. The molecule has 0 aliphatic carbocycles. The van der Waals surface area contributed by atoms with Crippen molar-refractivity contribution in [1.29, 1.82) is 0 Å². The van der Waals surface area contributed by atoms with Crippen LogP contribution in [0.15, 0.2) is 81.3 Å². The second kappa shape index (κ2) is 8.80. The van der Waals surface area contributed by atoms with Crippen molar-refractivity contribution in [3.8, 4) is 0 Å². The van der Waals surface area contributed by atoms with Crippen molar-refractivity contribution < 1.29 is 4.42 Å².